The maximum Gasteiger partial charge on any atom is 0.161 e. The van der Waals surface area contributed by atoms with Crippen LogP contribution < -0.4 is 15.2 Å². The Kier molecular flexibility index (Phi) is 4.06. The second-order valence-corrected chi connectivity index (χ2v) is 4.15. The number of benzene rings is 1. The summed E-state index contributed by atoms with van der Waals surface area (Å²) in [5.41, 5.74) is 8.51. The van der Waals surface area contributed by atoms with Gasteiger partial charge >= 0.3 is 0 Å². The first-order chi connectivity index (χ1) is 9.19. The van der Waals surface area contributed by atoms with Crippen molar-refractivity contribution in [2.24, 2.45) is 12.8 Å². The van der Waals surface area contributed by atoms with Crippen molar-refractivity contribution in [3.8, 4) is 22.8 Å². The maximum atomic E-state index is 5.61. The van der Waals surface area contributed by atoms with Crippen LogP contribution in [-0.2, 0) is 13.6 Å². The number of methoxy groups -OCH3 is 1. The zero-order chi connectivity index (χ0) is 13.8. The van der Waals surface area contributed by atoms with Gasteiger partial charge in [0.2, 0.25) is 0 Å². The Labute approximate surface area is 112 Å². The summed E-state index contributed by atoms with van der Waals surface area (Å²) in [6.07, 6.45) is 0. The molecule has 19 heavy (non-hydrogen) atoms. The van der Waals surface area contributed by atoms with Crippen LogP contribution in [0.25, 0.3) is 11.3 Å². The number of rotatable bonds is 5. The largest absolute Gasteiger partial charge is 0.493 e. The van der Waals surface area contributed by atoms with Gasteiger partial charge in [0.15, 0.2) is 11.5 Å². The van der Waals surface area contributed by atoms with E-state index in [-0.39, 0.29) is 0 Å². The number of hydrogen-bond acceptors (Lipinski definition) is 4. The topological polar surface area (TPSA) is 62.3 Å². The molecule has 0 atom stereocenters. The fraction of sp³-hybridized carbons (Fsp3) is 0.357. The predicted molar refractivity (Wildman–Crippen MR) is 74.3 cm³/mol. The first kappa shape index (κ1) is 13.4. The van der Waals surface area contributed by atoms with Gasteiger partial charge in [0.05, 0.1) is 25.1 Å². The molecule has 2 aromatic rings. The van der Waals surface area contributed by atoms with Gasteiger partial charge in [-0.3, -0.25) is 4.68 Å². The average molecular weight is 261 g/mol. The molecule has 2 N–H and O–H groups in total. The lowest BCUT2D eigenvalue weighted by molar-refractivity contribution is 0.311. The van der Waals surface area contributed by atoms with Crippen LogP contribution in [0.1, 0.15) is 12.6 Å². The Bertz CT molecular complexity index is 564. The Hall–Kier alpha value is -2.01. The van der Waals surface area contributed by atoms with E-state index in [1.165, 1.54) is 0 Å². The van der Waals surface area contributed by atoms with Crippen molar-refractivity contribution in [1.82, 2.24) is 9.78 Å². The van der Waals surface area contributed by atoms with Gasteiger partial charge in [0.25, 0.3) is 0 Å². The van der Waals surface area contributed by atoms with E-state index in [1.54, 1.807) is 7.11 Å². The van der Waals surface area contributed by atoms with E-state index in [1.807, 2.05) is 42.9 Å². The lowest BCUT2D eigenvalue weighted by Crippen LogP contribution is -1.99. The van der Waals surface area contributed by atoms with Crippen molar-refractivity contribution < 1.29 is 9.47 Å². The molecule has 5 heteroatoms. The minimum absolute atomic E-state index is 0.433. The Morgan fingerprint density at radius 2 is 2.05 bits per heavy atom. The molecule has 0 aliphatic heterocycles. The summed E-state index contributed by atoms with van der Waals surface area (Å²) in [6, 6.07) is 7.82. The van der Waals surface area contributed by atoms with E-state index >= 15 is 0 Å². The molecule has 0 aliphatic rings. The van der Waals surface area contributed by atoms with E-state index in [0.29, 0.717) is 13.2 Å². The standard InChI is InChI=1S/C14H19N3O2/c1-4-19-14-7-10(5-6-13(14)18-3)12-8-11(9-15)16-17(12)2/h5-8H,4,9,15H2,1-3H3. The highest BCUT2D eigenvalue weighted by molar-refractivity contribution is 5.64. The van der Waals surface area contributed by atoms with Gasteiger partial charge in [0, 0.05) is 19.2 Å². The lowest BCUT2D eigenvalue weighted by atomic mass is 10.1. The van der Waals surface area contributed by atoms with Gasteiger partial charge in [-0.25, -0.2) is 0 Å². The number of nitrogens with two attached hydrogens (primary N) is 1. The minimum Gasteiger partial charge on any atom is -0.493 e. The third-order valence-electron chi connectivity index (χ3n) is 2.90. The molecule has 1 aromatic heterocycles. The summed E-state index contributed by atoms with van der Waals surface area (Å²) in [5, 5.41) is 4.34. The molecule has 1 heterocycles. The Balaban J connectivity index is 2.44. The van der Waals surface area contributed by atoms with Gasteiger partial charge in [-0.2, -0.15) is 5.10 Å². The van der Waals surface area contributed by atoms with Gasteiger partial charge < -0.3 is 15.2 Å². The molecule has 0 amide bonds. The molecule has 0 radical (unpaired) electrons. The van der Waals surface area contributed by atoms with E-state index in [4.69, 9.17) is 15.2 Å². The van der Waals surface area contributed by atoms with Crippen LogP contribution in [0.5, 0.6) is 11.5 Å². The van der Waals surface area contributed by atoms with Crippen LogP contribution in [0.15, 0.2) is 24.3 Å². The highest BCUT2D eigenvalue weighted by Crippen LogP contribution is 2.32. The van der Waals surface area contributed by atoms with Gasteiger partial charge in [-0.15, -0.1) is 0 Å². The van der Waals surface area contributed by atoms with Crippen molar-refractivity contribution >= 4 is 0 Å². The van der Waals surface area contributed by atoms with E-state index in [0.717, 1.165) is 28.5 Å². The van der Waals surface area contributed by atoms with Crippen LogP contribution in [0.3, 0.4) is 0 Å². The molecule has 0 saturated carbocycles. The summed E-state index contributed by atoms with van der Waals surface area (Å²) in [5.74, 6) is 1.46. The number of aromatic nitrogens is 2. The third-order valence-corrected chi connectivity index (χ3v) is 2.90. The van der Waals surface area contributed by atoms with Crippen LogP contribution in [0.2, 0.25) is 0 Å². The number of hydrogen-bond donors (Lipinski definition) is 1. The van der Waals surface area contributed by atoms with Crippen LogP contribution in [0.4, 0.5) is 0 Å². The molecule has 102 valence electrons. The Morgan fingerprint density at radius 3 is 2.63 bits per heavy atom. The fourth-order valence-corrected chi connectivity index (χ4v) is 2.00. The lowest BCUT2D eigenvalue weighted by Gasteiger charge is -2.11. The number of aryl methyl sites for hydroxylation is 1. The molecule has 5 nitrogen and oxygen atoms in total. The molecule has 0 fully saturated rings. The summed E-state index contributed by atoms with van der Waals surface area (Å²) >= 11 is 0. The van der Waals surface area contributed by atoms with Crippen molar-refractivity contribution in [1.29, 1.82) is 0 Å². The summed E-state index contributed by atoms with van der Waals surface area (Å²) < 4.78 is 12.7. The normalized spacial score (nSPS) is 10.5. The minimum atomic E-state index is 0.433. The number of ether oxygens (including phenoxy) is 2. The molecule has 0 bridgehead atoms. The highest BCUT2D eigenvalue weighted by atomic mass is 16.5. The molecular weight excluding hydrogens is 242 g/mol. The first-order valence-electron chi connectivity index (χ1n) is 6.23. The van der Waals surface area contributed by atoms with E-state index < -0.39 is 0 Å². The predicted octanol–water partition coefficient (Wildman–Crippen LogP) is 1.95. The van der Waals surface area contributed by atoms with Crippen LogP contribution >= 0.6 is 0 Å². The summed E-state index contributed by atoms with van der Waals surface area (Å²) in [7, 11) is 3.53. The zero-order valence-electron chi connectivity index (χ0n) is 11.5. The SMILES string of the molecule is CCOc1cc(-c2cc(CN)nn2C)ccc1OC. The second kappa shape index (κ2) is 5.75. The quantitative estimate of drug-likeness (QED) is 0.893. The van der Waals surface area contributed by atoms with Crippen molar-refractivity contribution in [2.45, 2.75) is 13.5 Å². The number of nitrogens with zero attached hydrogens (tertiary/aromatic N) is 2. The van der Waals surface area contributed by atoms with Gasteiger partial charge in [-0.05, 0) is 31.2 Å². The molecule has 0 unspecified atom stereocenters. The van der Waals surface area contributed by atoms with Crippen molar-refractivity contribution in [3.63, 3.8) is 0 Å². The van der Waals surface area contributed by atoms with Crippen LogP contribution in [0, 0.1) is 0 Å². The molecule has 1 aromatic carbocycles. The molecule has 2 rings (SSSR count). The third kappa shape index (κ3) is 2.71. The van der Waals surface area contributed by atoms with E-state index in [2.05, 4.69) is 5.10 Å². The highest BCUT2D eigenvalue weighted by Gasteiger charge is 2.10. The van der Waals surface area contributed by atoms with Crippen LogP contribution in [-0.4, -0.2) is 23.5 Å². The maximum absolute atomic E-state index is 5.61. The zero-order valence-corrected chi connectivity index (χ0v) is 11.5. The van der Waals surface area contributed by atoms with Crippen molar-refractivity contribution in [2.75, 3.05) is 13.7 Å². The molecule has 0 saturated heterocycles. The van der Waals surface area contributed by atoms with E-state index in [9.17, 15) is 0 Å². The first-order valence-corrected chi connectivity index (χ1v) is 6.23. The molecule has 0 spiro atoms. The smallest absolute Gasteiger partial charge is 0.161 e. The monoisotopic (exact) mass is 261 g/mol. The summed E-state index contributed by atoms with van der Waals surface area (Å²) in [4.78, 5) is 0. The second-order valence-electron chi connectivity index (χ2n) is 4.15. The van der Waals surface area contributed by atoms with Gasteiger partial charge in [-0.1, -0.05) is 0 Å². The van der Waals surface area contributed by atoms with Gasteiger partial charge in [0.1, 0.15) is 0 Å². The Morgan fingerprint density at radius 1 is 1.26 bits per heavy atom. The molecule has 0 aliphatic carbocycles. The van der Waals surface area contributed by atoms with Crippen molar-refractivity contribution in [3.05, 3.63) is 30.0 Å². The average Bonchev–Trinajstić information content (AvgIpc) is 2.80. The fourth-order valence-electron chi connectivity index (χ4n) is 2.00. The summed E-state index contributed by atoms with van der Waals surface area (Å²) in [6.45, 7) is 2.98. The molecular formula is C14H19N3O2.